The van der Waals surface area contributed by atoms with Crippen LogP contribution in [0.4, 0.5) is 0 Å². The molecule has 0 rings (SSSR count). The lowest BCUT2D eigenvalue weighted by molar-refractivity contribution is -0.262. The van der Waals surface area contributed by atoms with Gasteiger partial charge in [-0.05, 0) is 32.6 Å². The summed E-state index contributed by atoms with van der Waals surface area (Å²) in [4.78, 5) is 0. The summed E-state index contributed by atoms with van der Waals surface area (Å²) in [6, 6.07) is 0. The van der Waals surface area contributed by atoms with Crippen LogP contribution in [0.25, 0.3) is 0 Å². The number of hydrogen-bond acceptors (Lipinski definition) is 3. The maximum absolute atomic E-state index is 6.12. The van der Waals surface area contributed by atoms with E-state index in [1.165, 1.54) is 44.9 Å². The minimum absolute atomic E-state index is 0.672. The van der Waals surface area contributed by atoms with E-state index in [9.17, 15) is 0 Å². The Kier molecular flexibility index (Phi) is 13.3. The fraction of sp³-hybridized carbons (Fsp3) is 1.00. The van der Waals surface area contributed by atoms with Gasteiger partial charge in [-0.3, -0.25) is 0 Å². The Balaban J connectivity index is 4.00. The van der Waals surface area contributed by atoms with Crippen molar-refractivity contribution in [1.29, 1.82) is 0 Å². The van der Waals surface area contributed by atoms with Crippen molar-refractivity contribution in [3.8, 4) is 0 Å². The van der Waals surface area contributed by atoms with Crippen molar-refractivity contribution < 1.29 is 13.3 Å². The molecule has 0 unspecified atom stereocenters. The molecule has 128 valence electrons. The van der Waals surface area contributed by atoms with E-state index >= 15 is 0 Å². The first-order chi connectivity index (χ1) is 9.95. The van der Waals surface area contributed by atoms with Gasteiger partial charge in [0.2, 0.25) is 0 Å². The molecule has 0 aliphatic carbocycles. The highest BCUT2D eigenvalue weighted by Gasteiger charge is 2.32. The molecule has 0 aromatic carbocycles. The third-order valence-electron chi connectivity index (χ3n) is 3.48. The summed E-state index contributed by atoms with van der Waals surface area (Å²) in [5.74, 6) is -0.685. The number of hydrogen-bond donors (Lipinski definition) is 0. The highest BCUT2D eigenvalue weighted by atomic mass is 28.3. The molecular weight excluding hydrogens is 312 g/mol. The quantitative estimate of drug-likeness (QED) is 0.273. The molecule has 0 spiro atoms. The first kappa shape index (κ1) is 21.5. The molecule has 0 saturated heterocycles. The van der Waals surface area contributed by atoms with E-state index in [4.69, 9.17) is 13.3 Å². The summed E-state index contributed by atoms with van der Waals surface area (Å²) in [6.45, 7) is 11.0. The largest absolute Gasteiger partial charge is 0.382 e. The van der Waals surface area contributed by atoms with Crippen molar-refractivity contribution >= 4 is 28.6 Å². The molecule has 0 atom stereocenters. The second kappa shape index (κ2) is 13.0. The average molecular weight is 351 g/mol. The molecule has 0 radical (unpaired) electrons. The Bertz CT molecular complexity index is 228. The lowest BCUT2D eigenvalue weighted by Gasteiger charge is -2.36. The van der Waals surface area contributed by atoms with Crippen LogP contribution in [-0.2, 0) is 13.3 Å². The molecule has 0 aromatic rings. The van der Waals surface area contributed by atoms with Crippen molar-refractivity contribution in [2.75, 3.05) is 0 Å². The van der Waals surface area contributed by atoms with E-state index in [2.05, 4.69) is 33.1 Å². The zero-order valence-corrected chi connectivity index (χ0v) is 19.6. The predicted octanol–water partition coefficient (Wildman–Crippen LogP) is 3.47. The fourth-order valence-corrected chi connectivity index (χ4v) is 5.41. The minimum atomic E-state index is -1.16. The van der Waals surface area contributed by atoms with E-state index in [0.29, 0.717) is 10.5 Å². The highest BCUT2D eigenvalue weighted by Crippen LogP contribution is 2.25. The topological polar surface area (TPSA) is 27.7 Å². The van der Waals surface area contributed by atoms with Gasteiger partial charge in [0.05, 0.1) is 0 Å². The molecule has 0 heterocycles. The van der Waals surface area contributed by atoms with Gasteiger partial charge in [0, 0.05) is 6.42 Å². The molecule has 0 N–H and O–H groups in total. The van der Waals surface area contributed by atoms with Crippen LogP contribution in [0, 0.1) is 0 Å². The van der Waals surface area contributed by atoms with Crippen molar-refractivity contribution in [2.45, 2.75) is 96.9 Å². The minimum Gasteiger partial charge on any atom is -0.382 e. The van der Waals surface area contributed by atoms with Crippen molar-refractivity contribution in [1.82, 2.24) is 0 Å². The molecule has 6 heteroatoms. The summed E-state index contributed by atoms with van der Waals surface area (Å²) >= 11 is 0. The SMILES string of the molecule is CCCCCCCCCCC(O[SiH3])(O[SiH](C)C)O[SiH](C)C. The van der Waals surface area contributed by atoms with Crippen LogP contribution < -0.4 is 0 Å². The summed E-state index contributed by atoms with van der Waals surface area (Å²) in [6.07, 6.45) is 11.5. The molecular formula is C15H38O3Si3. The lowest BCUT2D eigenvalue weighted by atomic mass is 10.1. The molecule has 0 aromatic heterocycles. The first-order valence-electron chi connectivity index (χ1n) is 8.86. The first-order valence-corrected chi connectivity index (χ1v) is 15.2. The Morgan fingerprint density at radius 2 is 1.19 bits per heavy atom. The molecule has 0 aliphatic rings. The molecule has 3 nitrogen and oxygen atoms in total. The normalized spacial score (nSPS) is 12.7. The van der Waals surface area contributed by atoms with Crippen molar-refractivity contribution in [2.24, 2.45) is 0 Å². The average Bonchev–Trinajstić information content (AvgIpc) is 2.40. The zero-order chi connectivity index (χ0) is 16.1. The van der Waals surface area contributed by atoms with Gasteiger partial charge in [-0.1, -0.05) is 51.9 Å². The summed E-state index contributed by atoms with van der Waals surface area (Å²) in [5.41, 5.74) is 0. The smallest absolute Gasteiger partial charge is 0.253 e. The maximum atomic E-state index is 6.12. The second-order valence-corrected chi connectivity index (χ2v) is 11.5. The number of rotatable bonds is 14. The Morgan fingerprint density at radius 1 is 0.762 bits per heavy atom. The van der Waals surface area contributed by atoms with Gasteiger partial charge < -0.3 is 13.3 Å². The van der Waals surface area contributed by atoms with Gasteiger partial charge >= 0.3 is 0 Å². The molecule has 21 heavy (non-hydrogen) atoms. The van der Waals surface area contributed by atoms with Crippen molar-refractivity contribution in [3.05, 3.63) is 0 Å². The third-order valence-corrected chi connectivity index (χ3v) is 5.76. The second-order valence-electron chi connectivity index (χ2n) is 6.45. The molecule has 0 fully saturated rings. The van der Waals surface area contributed by atoms with Crippen LogP contribution in [0.5, 0.6) is 0 Å². The van der Waals surface area contributed by atoms with Gasteiger partial charge in [0.15, 0.2) is 28.6 Å². The van der Waals surface area contributed by atoms with E-state index in [-0.39, 0.29) is 0 Å². The highest BCUT2D eigenvalue weighted by molar-refractivity contribution is 6.49. The molecule has 0 amide bonds. The van der Waals surface area contributed by atoms with Gasteiger partial charge in [-0.15, -0.1) is 0 Å². The zero-order valence-electron chi connectivity index (χ0n) is 15.2. The Morgan fingerprint density at radius 3 is 1.57 bits per heavy atom. The van der Waals surface area contributed by atoms with E-state index in [1.54, 1.807) is 0 Å². The third kappa shape index (κ3) is 11.7. The van der Waals surface area contributed by atoms with Crippen LogP contribution in [0.3, 0.4) is 0 Å². The number of unbranched alkanes of at least 4 members (excludes halogenated alkanes) is 7. The molecule has 0 bridgehead atoms. The summed E-state index contributed by atoms with van der Waals surface area (Å²) < 4.78 is 18.0. The van der Waals surface area contributed by atoms with Crippen LogP contribution in [0.2, 0.25) is 26.2 Å². The standard InChI is InChI=1S/C15H38O3Si3/c1-6-7-8-9-10-11-12-13-14-15(16-19,17-20(2)3)18-21(4)5/h20-21H,6-14H2,1-5,19H3. The van der Waals surface area contributed by atoms with Gasteiger partial charge in [-0.25, -0.2) is 0 Å². The Hall–Kier alpha value is 0.531. The van der Waals surface area contributed by atoms with Gasteiger partial charge in [-0.2, -0.15) is 0 Å². The van der Waals surface area contributed by atoms with Gasteiger partial charge in [0.25, 0.3) is 5.97 Å². The maximum Gasteiger partial charge on any atom is 0.253 e. The van der Waals surface area contributed by atoms with Crippen LogP contribution in [0.15, 0.2) is 0 Å². The Labute approximate surface area is 139 Å². The van der Waals surface area contributed by atoms with Crippen LogP contribution in [0.1, 0.15) is 64.7 Å². The van der Waals surface area contributed by atoms with Gasteiger partial charge in [0.1, 0.15) is 0 Å². The van der Waals surface area contributed by atoms with E-state index in [1.807, 2.05) is 0 Å². The monoisotopic (exact) mass is 350 g/mol. The summed E-state index contributed by atoms with van der Waals surface area (Å²) in [5, 5.41) is 0. The lowest BCUT2D eigenvalue weighted by Crippen LogP contribution is -2.44. The van der Waals surface area contributed by atoms with E-state index < -0.39 is 24.1 Å². The molecule has 0 saturated carbocycles. The van der Waals surface area contributed by atoms with Crippen LogP contribution >= 0.6 is 0 Å². The van der Waals surface area contributed by atoms with Crippen molar-refractivity contribution in [3.63, 3.8) is 0 Å². The molecule has 0 aliphatic heterocycles. The van der Waals surface area contributed by atoms with E-state index in [0.717, 1.165) is 12.8 Å². The summed E-state index contributed by atoms with van der Waals surface area (Å²) in [7, 11) is -1.64. The van der Waals surface area contributed by atoms with Crippen LogP contribution in [-0.4, -0.2) is 34.5 Å². The predicted molar refractivity (Wildman–Crippen MR) is 101 cm³/mol. The fourth-order valence-electron chi connectivity index (χ4n) is 2.54.